The minimum Gasteiger partial charge on any atom is -0.346 e. The molecular weight excluding hydrogens is 400 g/mol. The first-order valence-electron chi connectivity index (χ1n) is 10.5. The van der Waals surface area contributed by atoms with Gasteiger partial charge in [0.25, 0.3) is 11.8 Å². The number of amides is 2. The molecule has 158 valence electrons. The van der Waals surface area contributed by atoms with E-state index >= 15 is 0 Å². The van der Waals surface area contributed by atoms with Crippen molar-refractivity contribution < 1.29 is 9.59 Å². The third-order valence-corrected chi connectivity index (χ3v) is 5.60. The van der Waals surface area contributed by atoms with E-state index in [1.165, 1.54) is 0 Å². The van der Waals surface area contributed by atoms with Crippen molar-refractivity contribution in [1.82, 2.24) is 9.97 Å². The average molecular weight is 422 g/mol. The second kappa shape index (κ2) is 8.15. The number of hydrogen-bond acceptors (Lipinski definition) is 3. The number of carbonyl (C=O) groups is 2. The Hall–Kier alpha value is -4.19. The molecule has 2 heterocycles. The van der Waals surface area contributed by atoms with Gasteiger partial charge in [0, 0.05) is 41.0 Å². The molecule has 2 N–H and O–H groups in total. The van der Waals surface area contributed by atoms with Crippen LogP contribution in [-0.2, 0) is 6.42 Å². The minimum atomic E-state index is -0.213. The zero-order valence-corrected chi connectivity index (χ0v) is 17.6. The van der Waals surface area contributed by atoms with Gasteiger partial charge in [0.05, 0.1) is 11.4 Å². The molecule has 0 saturated carbocycles. The van der Waals surface area contributed by atoms with Gasteiger partial charge < -0.3 is 15.2 Å². The highest BCUT2D eigenvalue weighted by Crippen LogP contribution is 2.35. The van der Waals surface area contributed by atoms with E-state index in [1.54, 1.807) is 29.2 Å². The van der Waals surface area contributed by atoms with Gasteiger partial charge >= 0.3 is 0 Å². The number of fused-ring (bicyclic) bond motifs is 3. The van der Waals surface area contributed by atoms with Crippen molar-refractivity contribution in [1.29, 1.82) is 0 Å². The van der Waals surface area contributed by atoms with Crippen molar-refractivity contribution in [2.24, 2.45) is 0 Å². The van der Waals surface area contributed by atoms with Crippen LogP contribution in [-0.4, -0.2) is 28.3 Å². The summed E-state index contributed by atoms with van der Waals surface area (Å²) in [5, 5.41) is 2.86. The van der Waals surface area contributed by atoms with Crippen LogP contribution in [0.1, 0.15) is 32.2 Å². The number of H-pyrrole nitrogens is 1. The van der Waals surface area contributed by atoms with Crippen molar-refractivity contribution in [3.8, 4) is 11.3 Å². The van der Waals surface area contributed by atoms with Crippen molar-refractivity contribution in [3.63, 3.8) is 0 Å². The maximum absolute atomic E-state index is 13.4. The second-order valence-electron chi connectivity index (χ2n) is 7.77. The summed E-state index contributed by atoms with van der Waals surface area (Å²) in [4.78, 5) is 35.7. The summed E-state index contributed by atoms with van der Waals surface area (Å²) in [5.41, 5.74) is 5.48. The summed E-state index contributed by atoms with van der Waals surface area (Å²) in [6, 6.07) is 23.9. The van der Waals surface area contributed by atoms with Crippen molar-refractivity contribution >= 4 is 23.2 Å². The van der Waals surface area contributed by atoms with Crippen LogP contribution in [0.5, 0.6) is 0 Å². The molecule has 6 heteroatoms. The molecule has 2 amide bonds. The van der Waals surface area contributed by atoms with Gasteiger partial charge in [0.15, 0.2) is 0 Å². The first-order chi connectivity index (χ1) is 15.6. The molecular formula is C26H22N4O2. The Kier molecular flexibility index (Phi) is 5.03. The molecule has 4 aromatic rings. The van der Waals surface area contributed by atoms with Crippen LogP contribution in [0.4, 0.5) is 11.4 Å². The van der Waals surface area contributed by atoms with Gasteiger partial charge in [-0.05, 0) is 49.4 Å². The van der Waals surface area contributed by atoms with Crippen LogP contribution >= 0.6 is 0 Å². The normalized spacial score (nSPS) is 12.5. The number of para-hydroxylation sites is 2. The Labute approximate surface area is 185 Å². The van der Waals surface area contributed by atoms with Crippen LogP contribution in [0, 0.1) is 6.92 Å². The first kappa shape index (κ1) is 19.8. The summed E-state index contributed by atoms with van der Waals surface area (Å²) in [7, 11) is 0. The van der Waals surface area contributed by atoms with E-state index in [0.717, 1.165) is 34.2 Å². The SMILES string of the molecule is Cc1nc2c([nH]1)CCN(C(=O)c1ccc(C(=O)Nc3ccccc3)cc1)c1ccccc1-2. The lowest BCUT2D eigenvalue weighted by molar-refractivity contribution is 0.0984. The summed E-state index contributed by atoms with van der Waals surface area (Å²) in [6.45, 7) is 2.48. The van der Waals surface area contributed by atoms with E-state index in [4.69, 9.17) is 0 Å². The van der Waals surface area contributed by atoms with Gasteiger partial charge in [-0.15, -0.1) is 0 Å². The molecule has 0 bridgehead atoms. The lowest BCUT2D eigenvalue weighted by atomic mass is 10.1. The number of carbonyl (C=O) groups excluding carboxylic acids is 2. The van der Waals surface area contributed by atoms with Gasteiger partial charge in [-0.2, -0.15) is 0 Å². The molecule has 3 aromatic carbocycles. The van der Waals surface area contributed by atoms with E-state index < -0.39 is 0 Å². The third kappa shape index (κ3) is 3.67. The van der Waals surface area contributed by atoms with E-state index in [2.05, 4.69) is 15.3 Å². The maximum atomic E-state index is 13.4. The van der Waals surface area contributed by atoms with Crippen LogP contribution in [0.25, 0.3) is 11.3 Å². The van der Waals surface area contributed by atoms with Gasteiger partial charge in [-0.1, -0.05) is 36.4 Å². The molecule has 0 aliphatic carbocycles. The highest BCUT2D eigenvalue weighted by atomic mass is 16.2. The number of aromatic nitrogens is 2. The number of aryl methyl sites for hydroxylation is 1. The Morgan fingerprint density at radius 1 is 0.906 bits per heavy atom. The van der Waals surface area contributed by atoms with Gasteiger partial charge in [-0.3, -0.25) is 9.59 Å². The lowest BCUT2D eigenvalue weighted by Gasteiger charge is -2.23. The molecule has 0 spiro atoms. The number of nitrogens with zero attached hydrogens (tertiary/aromatic N) is 2. The molecule has 1 aliphatic rings. The Balaban J connectivity index is 1.40. The number of aromatic amines is 1. The molecule has 1 aromatic heterocycles. The molecule has 0 atom stereocenters. The monoisotopic (exact) mass is 422 g/mol. The van der Waals surface area contributed by atoms with E-state index in [0.29, 0.717) is 24.1 Å². The van der Waals surface area contributed by atoms with Crippen LogP contribution in [0.2, 0.25) is 0 Å². The zero-order valence-electron chi connectivity index (χ0n) is 17.6. The average Bonchev–Trinajstić information content (AvgIpc) is 3.13. The summed E-state index contributed by atoms with van der Waals surface area (Å²) >= 11 is 0. The number of hydrogen-bond donors (Lipinski definition) is 2. The molecule has 32 heavy (non-hydrogen) atoms. The second-order valence-corrected chi connectivity index (χ2v) is 7.77. The largest absolute Gasteiger partial charge is 0.346 e. The highest BCUT2D eigenvalue weighted by molar-refractivity contribution is 6.09. The molecule has 0 fully saturated rings. The fraction of sp³-hybridized carbons (Fsp3) is 0.115. The number of nitrogens with one attached hydrogen (secondary N) is 2. The summed E-state index contributed by atoms with van der Waals surface area (Å²) < 4.78 is 0. The standard InChI is InChI=1S/C26H22N4O2/c1-17-27-22-15-16-30(23-10-6-5-9-21(23)24(22)28-17)26(32)19-13-11-18(12-14-19)25(31)29-20-7-3-2-4-8-20/h2-14H,15-16H2,1H3,(H,27,28)(H,29,31). The fourth-order valence-corrected chi connectivity index (χ4v) is 4.05. The molecule has 5 rings (SSSR count). The number of anilines is 2. The molecule has 0 saturated heterocycles. The first-order valence-corrected chi connectivity index (χ1v) is 10.5. The topological polar surface area (TPSA) is 78.1 Å². The molecule has 0 radical (unpaired) electrons. The van der Waals surface area contributed by atoms with Crippen LogP contribution in [0.3, 0.4) is 0 Å². The van der Waals surface area contributed by atoms with Crippen LogP contribution in [0.15, 0.2) is 78.9 Å². The van der Waals surface area contributed by atoms with Gasteiger partial charge in [0.1, 0.15) is 5.82 Å². The molecule has 6 nitrogen and oxygen atoms in total. The van der Waals surface area contributed by atoms with Crippen LogP contribution < -0.4 is 10.2 Å². The fourth-order valence-electron chi connectivity index (χ4n) is 4.05. The quantitative estimate of drug-likeness (QED) is 0.496. The highest BCUT2D eigenvalue weighted by Gasteiger charge is 2.26. The van der Waals surface area contributed by atoms with Crippen molar-refractivity contribution in [2.75, 3.05) is 16.8 Å². The lowest BCUT2D eigenvalue weighted by Crippen LogP contribution is -2.32. The summed E-state index contributed by atoms with van der Waals surface area (Å²) in [6.07, 6.45) is 0.689. The predicted molar refractivity (Wildman–Crippen MR) is 125 cm³/mol. The Morgan fingerprint density at radius 2 is 1.59 bits per heavy atom. The maximum Gasteiger partial charge on any atom is 0.258 e. The van der Waals surface area contributed by atoms with Crippen molar-refractivity contribution in [3.05, 3.63) is 102 Å². The molecule has 1 aliphatic heterocycles. The Morgan fingerprint density at radius 3 is 2.38 bits per heavy atom. The zero-order chi connectivity index (χ0) is 22.1. The number of imidazole rings is 1. The third-order valence-electron chi connectivity index (χ3n) is 5.60. The van der Waals surface area contributed by atoms with Crippen molar-refractivity contribution in [2.45, 2.75) is 13.3 Å². The van der Waals surface area contributed by atoms with Gasteiger partial charge in [0.2, 0.25) is 0 Å². The Bertz CT molecular complexity index is 1290. The number of rotatable bonds is 3. The minimum absolute atomic E-state index is 0.102. The number of benzene rings is 3. The van der Waals surface area contributed by atoms with Gasteiger partial charge in [-0.25, -0.2) is 4.98 Å². The van der Waals surface area contributed by atoms with E-state index in [-0.39, 0.29) is 11.8 Å². The predicted octanol–water partition coefficient (Wildman–Crippen LogP) is 4.84. The molecule has 0 unspecified atom stereocenters. The smallest absolute Gasteiger partial charge is 0.258 e. The van der Waals surface area contributed by atoms with E-state index in [1.807, 2.05) is 61.5 Å². The summed E-state index contributed by atoms with van der Waals surface area (Å²) in [5.74, 6) is 0.554. The van der Waals surface area contributed by atoms with E-state index in [9.17, 15) is 9.59 Å².